The van der Waals surface area contributed by atoms with Gasteiger partial charge in [-0.3, -0.25) is 0 Å². The molecule has 23 heavy (non-hydrogen) atoms. The lowest BCUT2D eigenvalue weighted by molar-refractivity contribution is 0.108. The lowest BCUT2D eigenvalue weighted by Gasteiger charge is -2.33. The first kappa shape index (κ1) is 15.8. The first-order chi connectivity index (χ1) is 11.1. The molecule has 0 bridgehead atoms. The maximum Gasteiger partial charge on any atom is 0.161 e. The van der Waals surface area contributed by atoms with Crippen LogP contribution < -0.4 is 5.32 Å². The van der Waals surface area contributed by atoms with Crippen molar-refractivity contribution in [2.45, 2.75) is 44.4 Å². The summed E-state index contributed by atoms with van der Waals surface area (Å²) in [4.78, 5) is 0. The van der Waals surface area contributed by atoms with Crippen LogP contribution in [0.3, 0.4) is 0 Å². The van der Waals surface area contributed by atoms with Crippen molar-refractivity contribution in [2.75, 3.05) is 0 Å². The molecule has 4 N–H and O–H groups in total. The van der Waals surface area contributed by atoms with Crippen LogP contribution in [0.5, 0.6) is 11.5 Å². The van der Waals surface area contributed by atoms with Gasteiger partial charge in [0.15, 0.2) is 11.5 Å². The van der Waals surface area contributed by atoms with Crippen molar-refractivity contribution in [1.29, 1.82) is 0 Å². The van der Waals surface area contributed by atoms with Crippen molar-refractivity contribution < 1.29 is 15.3 Å². The number of aliphatic hydroxyl groups is 1. The smallest absolute Gasteiger partial charge is 0.161 e. The lowest BCUT2D eigenvalue weighted by Crippen LogP contribution is -2.43. The zero-order chi connectivity index (χ0) is 16.4. The summed E-state index contributed by atoms with van der Waals surface area (Å²) in [5.41, 5.74) is 2.63. The highest BCUT2D eigenvalue weighted by Crippen LogP contribution is 2.39. The normalized spacial score (nSPS) is 21.7. The van der Waals surface area contributed by atoms with Gasteiger partial charge in [0.05, 0.1) is 6.10 Å². The molecule has 4 heteroatoms. The molecule has 0 saturated carbocycles. The number of hydrogen-bond acceptors (Lipinski definition) is 4. The summed E-state index contributed by atoms with van der Waals surface area (Å²) < 4.78 is 0. The average Bonchev–Trinajstić information content (AvgIpc) is 2.54. The topological polar surface area (TPSA) is 72.7 Å². The molecule has 3 unspecified atom stereocenters. The second-order valence-electron chi connectivity index (χ2n) is 6.35. The predicted octanol–water partition coefficient (Wildman–Crippen LogP) is 2.67. The molecule has 0 radical (unpaired) electrons. The van der Waals surface area contributed by atoms with Gasteiger partial charge >= 0.3 is 0 Å². The molecule has 1 aliphatic rings. The molecule has 0 amide bonds. The Balaban J connectivity index is 1.69. The van der Waals surface area contributed by atoms with E-state index in [0.717, 1.165) is 12.8 Å². The highest BCUT2D eigenvalue weighted by atomic mass is 16.3. The maximum atomic E-state index is 10.6. The number of aromatic hydroxyl groups is 2. The van der Waals surface area contributed by atoms with E-state index in [1.54, 1.807) is 6.07 Å². The number of hydrogen-bond donors (Lipinski definition) is 4. The minimum atomic E-state index is -0.677. The van der Waals surface area contributed by atoms with Crippen LogP contribution in [0.4, 0.5) is 0 Å². The van der Waals surface area contributed by atoms with Crippen molar-refractivity contribution in [3.05, 3.63) is 59.2 Å². The number of benzene rings is 2. The Kier molecular flexibility index (Phi) is 4.55. The SMILES string of the molecule is CC(Cc1ccccc1)NC1CCc2c(ccc(O)c2O)C1O. The second-order valence-corrected chi connectivity index (χ2v) is 6.35. The van der Waals surface area contributed by atoms with E-state index in [-0.39, 0.29) is 23.6 Å². The monoisotopic (exact) mass is 313 g/mol. The predicted molar refractivity (Wildman–Crippen MR) is 89.6 cm³/mol. The number of fused-ring (bicyclic) bond motifs is 1. The van der Waals surface area contributed by atoms with Crippen molar-refractivity contribution in [3.63, 3.8) is 0 Å². The Labute approximate surface area is 136 Å². The largest absolute Gasteiger partial charge is 0.504 e. The van der Waals surface area contributed by atoms with Gasteiger partial charge in [-0.25, -0.2) is 0 Å². The first-order valence-corrected chi connectivity index (χ1v) is 8.08. The summed E-state index contributed by atoms with van der Waals surface area (Å²) in [6.07, 6.45) is 1.59. The number of aliphatic hydroxyl groups excluding tert-OH is 1. The molecule has 3 atom stereocenters. The van der Waals surface area contributed by atoms with E-state index >= 15 is 0 Å². The van der Waals surface area contributed by atoms with E-state index in [1.807, 2.05) is 18.2 Å². The van der Waals surface area contributed by atoms with Gasteiger partial charge in [-0.15, -0.1) is 0 Å². The van der Waals surface area contributed by atoms with Crippen LogP contribution in [0.15, 0.2) is 42.5 Å². The summed E-state index contributed by atoms with van der Waals surface area (Å²) in [7, 11) is 0. The van der Waals surface area contributed by atoms with Gasteiger partial charge in [0.25, 0.3) is 0 Å². The van der Waals surface area contributed by atoms with Gasteiger partial charge in [0.2, 0.25) is 0 Å². The fourth-order valence-corrected chi connectivity index (χ4v) is 3.42. The van der Waals surface area contributed by atoms with E-state index in [9.17, 15) is 15.3 Å². The molecule has 0 aliphatic heterocycles. The molecule has 122 valence electrons. The van der Waals surface area contributed by atoms with Crippen molar-refractivity contribution >= 4 is 0 Å². The van der Waals surface area contributed by atoms with Crippen molar-refractivity contribution in [2.24, 2.45) is 0 Å². The van der Waals surface area contributed by atoms with Crippen molar-refractivity contribution in [3.8, 4) is 11.5 Å². The Morgan fingerprint density at radius 3 is 2.61 bits per heavy atom. The number of phenolic OH excluding ortho intramolecular Hbond substituents is 2. The maximum absolute atomic E-state index is 10.6. The van der Waals surface area contributed by atoms with E-state index in [4.69, 9.17) is 0 Å². The highest BCUT2D eigenvalue weighted by molar-refractivity contribution is 5.51. The number of rotatable bonds is 4. The summed E-state index contributed by atoms with van der Waals surface area (Å²) >= 11 is 0. The standard InChI is InChI=1S/C19H23NO3/c1-12(11-13-5-3-2-4-6-13)20-16-9-7-15-14(18(16)22)8-10-17(21)19(15)23/h2-6,8,10,12,16,18,20-23H,7,9,11H2,1H3. The Hall–Kier alpha value is -2.04. The Morgan fingerprint density at radius 1 is 1.13 bits per heavy atom. The second kappa shape index (κ2) is 6.60. The molecule has 4 nitrogen and oxygen atoms in total. The van der Waals surface area contributed by atoms with E-state index in [1.165, 1.54) is 11.6 Å². The molecule has 2 aromatic carbocycles. The molecule has 0 saturated heterocycles. The molecule has 0 spiro atoms. The zero-order valence-corrected chi connectivity index (χ0v) is 13.2. The number of nitrogens with one attached hydrogen (secondary N) is 1. The summed E-state index contributed by atoms with van der Waals surface area (Å²) in [5.74, 6) is -0.225. The zero-order valence-electron chi connectivity index (χ0n) is 13.2. The minimum Gasteiger partial charge on any atom is -0.504 e. The Morgan fingerprint density at radius 2 is 1.87 bits per heavy atom. The molecule has 2 aromatic rings. The first-order valence-electron chi connectivity index (χ1n) is 8.08. The van der Waals surface area contributed by atoms with Gasteiger partial charge in [-0.2, -0.15) is 0 Å². The van der Waals surface area contributed by atoms with Crippen LogP contribution in [0.25, 0.3) is 0 Å². The third kappa shape index (κ3) is 3.33. The van der Waals surface area contributed by atoms with Crippen LogP contribution in [0.1, 0.15) is 36.1 Å². The summed E-state index contributed by atoms with van der Waals surface area (Å²) in [6.45, 7) is 2.11. The van der Waals surface area contributed by atoms with Crippen LogP contribution >= 0.6 is 0 Å². The molecular weight excluding hydrogens is 290 g/mol. The van der Waals surface area contributed by atoms with Crippen LogP contribution in [-0.4, -0.2) is 27.4 Å². The van der Waals surface area contributed by atoms with Crippen LogP contribution in [0.2, 0.25) is 0 Å². The molecular formula is C19H23NO3. The average molecular weight is 313 g/mol. The fourth-order valence-electron chi connectivity index (χ4n) is 3.42. The Bertz CT molecular complexity index is 672. The van der Waals surface area contributed by atoms with Gasteiger partial charge in [0, 0.05) is 17.6 Å². The molecule has 3 rings (SSSR count). The van der Waals surface area contributed by atoms with Crippen LogP contribution in [0, 0.1) is 0 Å². The van der Waals surface area contributed by atoms with E-state index in [2.05, 4.69) is 24.4 Å². The van der Waals surface area contributed by atoms with Crippen molar-refractivity contribution in [1.82, 2.24) is 5.32 Å². The number of phenols is 2. The van der Waals surface area contributed by atoms with Gasteiger partial charge in [-0.1, -0.05) is 36.4 Å². The van der Waals surface area contributed by atoms with Crippen LogP contribution in [-0.2, 0) is 12.8 Å². The minimum absolute atomic E-state index is 0.0508. The quantitative estimate of drug-likeness (QED) is 0.655. The van der Waals surface area contributed by atoms with E-state index < -0.39 is 6.10 Å². The van der Waals surface area contributed by atoms with E-state index in [0.29, 0.717) is 17.5 Å². The third-order valence-corrected chi connectivity index (χ3v) is 4.59. The van der Waals surface area contributed by atoms with Gasteiger partial charge < -0.3 is 20.6 Å². The molecule has 0 fully saturated rings. The highest BCUT2D eigenvalue weighted by Gasteiger charge is 2.31. The molecule has 1 aliphatic carbocycles. The summed E-state index contributed by atoms with van der Waals surface area (Å²) in [5, 5.41) is 33.6. The third-order valence-electron chi connectivity index (χ3n) is 4.59. The van der Waals surface area contributed by atoms with Gasteiger partial charge in [0.1, 0.15) is 0 Å². The van der Waals surface area contributed by atoms with Gasteiger partial charge in [-0.05, 0) is 43.4 Å². The molecule has 0 aromatic heterocycles. The summed E-state index contributed by atoms with van der Waals surface area (Å²) in [6, 6.07) is 13.6. The lowest BCUT2D eigenvalue weighted by atomic mass is 9.84. The fraction of sp³-hybridized carbons (Fsp3) is 0.368. The molecule has 0 heterocycles.